The molecule has 3 heteroatoms. The lowest BCUT2D eigenvalue weighted by Gasteiger charge is -2.26. The summed E-state index contributed by atoms with van der Waals surface area (Å²) in [6, 6.07) is 10.1. The van der Waals surface area contributed by atoms with Gasteiger partial charge in [0.25, 0.3) is 0 Å². The van der Waals surface area contributed by atoms with Crippen molar-refractivity contribution in [1.82, 2.24) is 0 Å². The first kappa shape index (κ1) is 11.3. The van der Waals surface area contributed by atoms with Crippen LogP contribution in [0.5, 0.6) is 0 Å². The minimum Gasteiger partial charge on any atom is -0.373 e. The minimum absolute atomic E-state index is 0.143. The van der Waals surface area contributed by atoms with Gasteiger partial charge in [-0.05, 0) is 12.0 Å². The van der Waals surface area contributed by atoms with Crippen LogP contribution in [0.4, 0.5) is 0 Å². The molecule has 0 amide bonds. The maximum Gasteiger partial charge on any atom is 0.148 e. The van der Waals surface area contributed by atoms with E-state index in [1.807, 2.05) is 30.3 Å². The lowest BCUT2D eigenvalue weighted by atomic mass is 10.1. The van der Waals surface area contributed by atoms with E-state index < -0.39 is 0 Å². The van der Waals surface area contributed by atoms with Gasteiger partial charge in [-0.25, -0.2) is 0 Å². The van der Waals surface area contributed by atoms with Crippen LogP contribution in [0.25, 0.3) is 0 Å². The number of carbonyl (C=O) groups excluding carboxylic acids is 1. The molecule has 2 unspecified atom stereocenters. The first-order valence-corrected chi connectivity index (χ1v) is 5.61. The Morgan fingerprint density at radius 1 is 1.38 bits per heavy atom. The number of carbonyl (C=O) groups is 1. The van der Waals surface area contributed by atoms with Crippen LogP contribution in [0.1, 0.15) is 18.4 Å². The van der Waals surface area contributed by atoms with Gasteiger partial charge in [-0.3, -0.25) is 0 Å². The molecule has 0 aliphatic carbocycles. The summed E-state index contributed by atoms with van der Waals surface area (Å²) in [4.78, 5) is 10.6. The highest BCUT2D eigenvalue weighted by atomic mass is 16.5. The second-order valence-corrected chi connectivity index (χ2v) is 3.99. The van der Waals surface area contributed by atoms with Crippen molar-refractivity contribution < 1.29 is 14.3 Å². The third-order valence-corrected chi connectivity index (χ3v) is 2.75. The summed E-state index contributed by atoms with van der Waals surface area (Å²) >= 11 is 0. The smallest absolute Gasteiger partial charge is 0.148 e. The lowest BCUT2D eigenvalue weighted by molar-refractivity contribution is -0.128. The van der Waals surface area contributed by atoms with E-state index >= 15 is 0 Å². The number of benzene rings is 1. The van der Waals surface area contributed by atoms with Gasteiger partial charge in [0.1, 0.15) is 12.4 Å². The molecule has 0 saturated carbocycles. The largest absolute Gasteiger partial charge is 0.373 e. The van der Waals surface area contributed by atoms with E-state index in [0.29, 0.717) is 19.6 Å². The fourth-order valence-electron chi connectivity index (χ4n) is 1.83. The summed E-state index contributed by atoms with van der Waals surface area (Å²) in [5.41, 5.74) is 1.16. The van der Waals surface area contributed by atoms with Crippen LogP contribution < -0.4 is 0 Å². The van der Waals surface area contributed by atoms with Crippen molar-refractivity contribution in [1.29, 1.82) is 0 Å². The predicted molar refractivity (Wildman–Crippen MR) is 60.1 cm³/mol. The Morgan fingerprint density at radius 3 is 2.94 bits per heavy atom. The van der Waals surface area contributed by atoms with Gasteiger partial charge in [-0.2, -0.15) is 0 Å². The first-order valence-electron chi connectivity index (χ1n) is 5.61. The van der Waals surface area contributed by atoms with E-state index in [1.54, 1.807) is 0 Å². The average Bonchev–Trinajstić information content (AvgIpc) is 2.38. The fourth-order valence-corrected chi connectivity index (χ4v) is 1.83. The molecule has 86 valence electrons. The van der Waals surface area contributed by atoms with Crippen LogP contribution in [0.2, 0.25) is 0 Å². The number of ether oxygens (including phenoxy) is 2. The number of hydrogen-bond donors (Lipinski definition) is 0. The molecule has 16 heavy (non-hydrogen) atoms. The van der Waals surface area contributed by atoms with Gasteiger partial charge in [0.05, 0.1) is 19.3 Å². The van der Waals surface area contributed by atoms with Crippen LogP contribution >= 0.6 is 0 Å². The molecule has 2 rings (SSSR count). The van der Waals surface area contributed by atoms with Gasteiger partial charge in [-0.1, -0.05) is 30.3 Å². The Bertz CT molecular complexity index is 323. The maximum absolute atomic E-state index is 10.6. The van der Waals surface area contributed by atoms with Crippen molar-refractivity contribution in [2.24, 2.45) is 0 Å². The van der Waals surface area contributed by atoms with E-state index in [9.17, 15) is 4.79 Å². The first-order chi connectivity index (χ1) is 7.88. The van der Waals surface area contributed by atoms with Crippen molar-refractivity contribution in [3.05, 3.63) is 35.9 Å². The van der Waals surface area contributed by atoms with Crippen LogP contribution in [-0.2, 0) is 20.9 Å². The van der Waals surface area contributed by atoms with Gasteiger partial charge >= 0.3 is 0 Å². The normalized spacial score (nSPS) is 25.2. The summed E-state index contributed by atoms with van der Waals surface area (Å²) in [7, 11) is 0. The third kappa shape index (κ3) is 3.15. The Hall–Kier alpha value is -1.19. The van der Waals surface area contributed by atoms with E-state index in [0.717, 1.165) is 18.3 Å². The Balaban J connectivity index is 1.79. The molecule has 1 heterocycles. The second-order valence-electron chi connectivity index (χ2n) is 3.99. The highest BCUT2D eigenvalue weighted by molar-refractivity contribution is 5.56. The van der Waals surface area contributed by atoms with Gasteiger partial charge in [0.15, 0.2) is 0 Å². The maximum atomic E-state index is 10.6. The van der Waals surface area contributed by atoms with Crippen molar-refractivity contribution in [2.45, 2.75) is 31.7 Å². The van der Waals surface area contributed by atoms with Crippen LogP contribution in [0, 0.1) is 0 Å². The summed E-state index contributed by atoms with van der Waals surface area (Å²) in [6.07, 6.45) is 2.27. The van der Waals surface area contributed by atoms with Gasteiger partial charge in [0, 0.05) is 6.42 Å². The van der Waals surface area contributed by atoms with E-state index in [1.165, 1.54) is 0 Å². The van der Waals surface area contributed by atoms with Crippen LogP contribution in [0.3, 0.4) is 0 Å². The molecule has 0 N–H and O–H groups in total. The zero-order valence-corrected chi connectivity index (χ0v) is 9.17. The summed E-state index contributed by atoms with van der Waals surface area (Å²) in [6.45, 7) is 1.22. The second kappa shape index (κ2) is 5.77. The minimum atomic E-state index is -0.283. The number of hydrogen-bond acceptors (Lipinski definition) is 3. The zero-order valence-electron chi connectivity index (χ0n) is 9.17. The van der Waals surface area contributed by atoms with E-state index in [-0.39, 0.29) is 12.2 Å². The Labute approximate surface area is 95.4 Å². The lowest BCUT2D eigenvalue weighted by Crippen LogP contribution is -2.31. The number of aldehydes is 1. The highest BCUT2D eigenvalue weighted by Crippen LogP contribution is 2.17. The van der Waals surface area contributed by atoms with Gasteiger partial charge in [0.2, 0.25) is 0 Å². The third-order valence-electron chi connectivity index (χ3n) is 2.75. The van der Waals surface area contributed by atoms with Crippen molar-refractivity contribution >= 4 is 6.29 Å². The molecule has 2 atom stereocenters. The molecule has 1 aromatic carbocycles. The molecule has 1 fully saturated rings. The molecule has 0 aromatic heterocycles. The molecular formula is C13H16O3. The van der Waals surface area contributed by atoms with Gasteiger partial charge in [-0.15, -0.1) is 0 Å². The van der Waals surface area contributed by atoms with Crippen LogP contribution in [0.15, 0.2) is 30.3 Å². The molecular weight excluding hydrogens is 204 g/mol. The SMILES string of the molecule is O=CC1CC(OCc2ccccc2)CCO1. The summed E-state index contributed by atoms with van der Waals surface area (Å²) in [5, 5.41) is 0. The fraction of sp³-hybridized carbons (Fsp3) is 0.462. The molecule has 1 aliphatic heterocycles. The standard InChI is InChI=1S/C13H16O3/c14-9-13-8-12(6-7-15-13)16-10-11-4-2-1-3-5-11/h1-5,9,12-13H,6-8,10H2. The summed E-state index contributed by atoms with van der Waals surface area (Å²) < 4.78 is 11.0. The molecule has 1 aromatic rings. The Morgan fingerprint density at radius 2 is 2.19 bits per heavy atom. The monoisotopic (exact) mass is 220 g/mol. The molecule has 3 nitrogen and oxygen atoms in total. The molecule has 1 aliphatic rings. The van der Waals surface area contributed by atoms with E-state index in [4.69, 9.17) is 9.47 Å². The average molecular weight is 220 g/mol. The Kier molecular flexibility index (Phi) is 4.08. The molecule has 1 saturated heterocycles. The topological polar surface area (TPSA) is 35.5 Å². The predicted octanol–water partition coefficient (Wildman–Crippen LogP) is 1.95. The quantitative estimate of drug-likeness (QED) is 0.727. The van der Waals surface area contributed by atoms with Crippen LogP contribution in [-0.4, -0.2) is 25.1 Å². The molecule has 0 bridgehead atoms. The molecule has 0 radical (unpaired) electrons. The van der Waals surface area contributed by atoms with Gasteiger partial charge < -0.3 is 14.3 Å². The number of rotatable bonds is 4. The van der Waals surface area contributed by atoms with E-state index in [2.05, 4.69) is 0 Å². The van der Waals surface area contributed by atoms with Crippen molar-refractivity contribution in [3.63, 3.8) is 0 Å². The van der Waals surface area contributed by atoms with Crippen molar-refractivity contribution in [2.75, 3.05) is 6.61 Å². The summed E-state index contributed by atoms with van der Waals surface area (Å²) in [5.74, 6) is 0. The highest BCUT2D eigenvalue weighted by Gasteiger charge is 2.22. The molecule has 0 spiro atoms. The zero-order chi connectivity index (χ0) is 11.2. The van der Waals surface area contributed by atoms with Crippen molar-refractivity contribution in [3.8, 4) is 0 Å².